The maximum atomic E-state index is 12.8. The van der Waals surface area contributed by atoms with E-state index in [1.807, 2.05) is 0 Å². The van der Waals surface area contributed by atoms with Crippen LogP contribution in [0.3, 0.4) is 0 Å². The van der Waals surface area contributed by atoms with Gasteiger partial charge in [-0.3, -0.25) is 13.8 Å². The number of fused-ring (bicyclic) bond motifs is 1. The summed E-state index contributed by atoms with van der Waals surface area (Å²) in [4.78, 5) is 12.7. The van der Waals surface area contributed by atoms with Gasteiger partial charge in [0.25, 0.3) is 10.0 Å². The van der Waals surface area contributed by atoms with Gasteiger partial charge in [0.15, 0.2) is 11.5 Å². The lowest BCUT2D eigenvalue weighted by atomic mass is 10.2. The number of ether oxygens (including phenoxy) is 2. The van der Waals surface area contributed by atoms with Gasteiger partial charge in [0.1, 0.15) is 6.54 Å². The predicted octanol–water partition coefficient (Wildman–Crippen LogP) is 3.97. The Kier molecular flexibility index (Phi) is 7.53. The molecule has 1 aliphatic heterocycles. The van der Waals surface area contributed by atoms with Crippen molar-refractivity contribution in [2.45, 2.75) is 18.7 Å². The Morgan fingerprint density at radius 2 is 1.70 bits per heavy atom. The Morgan fingerprint density at radius 3 is 2.41 bits per heavy atom. The molecule has 37 heavy (non-hydrogen) atoms. The molecule has 10 nitrogen and oxygen atoms in total. The molecule has 1 amide bonds. The highest BCUT2D eigenvalue weighted by Crippen LogP contribution is 2.36. The zero-order valence-electron chi connectivity index (χ0n) is 19.9. The maximum absolute atomic E-state index is 12.8. The molecule has 0 saturated heterocycles. The number of hydrogen-bond acceptors (Lipinski definition) is 7. The summed E-state index contributed by atoms with van der Waals surface area (Å²) >= 11 is 6.07. The molecule has 0 atom stereocenters. The Labute approximate surface area is 220 Å². The normalized spacial score (nSPS) is 12.7. The Balaban J connectivity index is 1.48. The molecule has 13 heteroatoms. The predicted molar refractivity (Wildman–Crippen MR) is 141 cm³/mol. The zero-order chi connectivity index (χ0) is 26.8. The van der Waals surface area contributed by atoms with Gasteiger partial charge >= 0.3 is 0 Å². The maximum Gasteiger partial charge on any atom is 0.261 e. The van der Waals surface area contributed by atoms with Gasteiger partial charge in [-0.05, 0) is 67.9 Å². The minimum Gasteiger partial charge on any atom is -0.454 e. The standard InChI is InChI=1S/C24H24ClN3O7S2/c1-3-36(30,31)28(18-9-12-22-23(13-18)35-15-34-22)14-24(29)26-17-7-10-19(11-8-17)37(32,33)27-21-6-4-5-20(25)16(21)2/h4-13,27H,3,14-15H2,1-2H3,(H,26,29). The van der Waals surface area contributed by atoms with Crippen LogP contribution in [-0.4, -0.2) is 41.8 Å². The SMILES string of the molecule is CCS(=O)(=O)N(CC(=O)Nc1ccc(S(=O)(=O)Nc2cccc(Cl)c2C)cc1)c1ccc2c(c1)OCO2. The number of rotatable bonds is 9. The molecular formula is C24H24ClN3O7S2. The van der Waals surface area contributed by atoms with Crippen molar-refractivity contribution in [3.63, 3.8) is 0 Å². The minimum absolute atomic E-state index is 0.0274. The van der Waals surface area contributed by atoms with Crippen molar-refractivity contribution >= 4 is 54.6 Å². The molecule has 2 N–H and O–H groups in total. The third kappa shape index (κ3) is 5.92. The summed E-state index contributed by atoms with van der Waals surface area (Å²) in [6.45, 7) is 2.71. The lowest BCUT2D eigenvalue weighted by Crippen LogP contribution is -2.39. The van der Waals surface area contributed by atoms with Gasteiger partial charge in [0.2, 0.25) is 22.7 Å². The number of sulfonamides is 2. The fourth-order valence-corrected chi connectivity index (χ4v) is 5.87. The van der Waals surface area contributed by atoms with Gasteiger partial charge in [0.05, 0.1) is 22.0 Å². The minimum atomic E-state index is -3.91. The van der Waals surface area contributed by atoms with Gasteiger partial charge in [0, 0.05) is 16.8 Å². The molecule has 3 aromatic carbocycles. The second-order valence-corrected chi connectivity index (χ2v) is 12.3. The molecule has 0 saturated carbocycles. The van der Waals surface area contributed by atoms with E-state index in [2.05, 4.69) is 10.0 Å². The third-order valence-corrected chi connectivity index (χ3v) is 9.12. The average molecular weight is 566 g/mol. The molecular weight excluding hydrogens is 542 g/mol. The summed E-state index contributed by atoms with van der Waals surface area (Å²) < 4.78 is 65.1. The molecule has 4 rings (SSSR count). The van der Waals surface area contributed by atoms with Gasteiger partial charge < -0.3 is 14.8 Å². The summed E-state index contributed by atoms with van der Waals surface area (Å²) in [5.41, 5.74) is 1.49. The van der Waals surface area contributed by atoms with E-state index in [9.17, 15) is 21.6 Å². The Morgan fingerprint density at radius 1 is 1.00 bits per heavy atom. The lowest BCUT2D eigenvalue weighted by Gasteiger charge is -2.23. The summed E-state index contributed by atoms with van der Waals surface area (Å²) in [6.07, 6.45) is 0. The van der Waals surface area contributed by atoms with Crippen molar-refractivity contribution < 1.29 is 31.1 Å². The molecule has 0 spiro atoms. The monoisotopic (exact) mass is 565 g/mol. The number of nitrogens with one attached hydrogen (secondary N) is 2. The highest BCUT2D eigenvalue weighted by molar-refractivity contribution is 7.93. The molecule has 0 fully saturated rings. The van der Waals surface area contributed by atoms with Crippen LogP contribution in [0.15, 0.2) is 65.6 Å². The summed E-state index contributed by atoms with van der Waals surface area (Å²) in [6, 6.07) is 15.0. The first kappa shape index (κ1) is 26.6. The average Bonchev–Trinajstić information content (AvgIpc) is 3.33. The second-order valence-electron chi connectivity index (χ2n) is 8.04. The summed E-state index contributed by atoms with van der Waals surface area (Å²) in [5, 5.41) is 3.03. The van der Waals surface area contributed by atoms with Crippen molar-refractivity contribution in [1.82, 2.24) is 0 Å². The van der Waals surface area contributed by atoms with Crippen LogP contribution < -0.4 is 23.8 Å². The van der Waals surface area contributed by atoms with Crippen molar-refractivity contribution in [3.8, 4) is 11.5 Å². The number of halogens is 1. The van der Waals surface area contributed by atoms with E-state index >= 15 is 0 Å². The van der Waals surface area contributed by atoms with Crippen LogP contribution in [0.1, 0.15) is 12.5 Å². The van der Waals surface area contributed by atoms with Crippen LogP contribution in [0.4, 0.5) is 17.1 Å². The van der Waals surface area contributed by atoms with E-state index < -0.39 is 32.5 Å². The number of anilines is 3. The largest absolute Gasteiger partial charge is 0.454 e. The highest BCUT2D eigenvalue weighted by atomic mass is 35.5. The number of nitrogens with zero attached hydrogens (tertiary/aromatic N) is 1. The van der Waals surface area contributed by atoms with Crippen molar-refractivity contribution in [2.75, 3.05) is 33.4 Å². The van der Waals surface area contributed by atoms with Gasteiger partial charge in [-0.15, -0.1) is 0 Å². The van der Waals surface area contributed by atoms with Gasteiger partial charge in [-0.25, -0.2) is 16.8 Å². The topological polar surface area (TPSA) is 131 Å². The lowest BCUT2D eigenvalue weighted by molar-refractivity contribution is -0.114. The van der Waals surface area contributed by atoms with E-state index in [0.717, 1.165) is 4.31 Å². The number of benzene rings is 3. The first-order valence-electron chi connectivity index (χ1n) is 11.1. The van der Waals surface area contributed by atoms with Crippen LogP contribution in [0.25, 0.3) is 0 Å². The molecule has 0 unspecified atom stereocenters. The zero-order valence-corrected chi connectivity index (χ0v) is 22.3. The van der Waals surface area contributed by atoms with Crippen LogP contribution in [0, 0.1) is 6.92 Å². The molecule has 0 aromatic heterocycles. The molecule has 1 aliphatic rings. The van der Waals surface area contributed by atoms with Gasteiger partial charge in [-0.1, -0.05) is 17.7 Å². The first-order chi connectivity index (χ1) is 17.5. The van der Waals surface area contributed by atoms with Gasteiger partial charge in [-0.2, -0.15) is 0 Å². The fraction of sp³-hybridized carbons (Fsp3) is 0.208. The van der Waals surface area contributed by atoms with Crippen LogP contribution in [0.2, 0.25) is 5.02 Å². The van der Waals surface area contributed by atoms with Crippen molar-refractivity contribution in [2.24, 2.45) is 0 Å². The van der Waals surface area contributed by atoms with E-state index in [-0.39, 0.29) is 23.1 Å². The van der Waals surface area contributed by atoms with E-state index in [1.165, 1.54) is 43.3 Å². The third-order valence-electron chi connectivity index (χ3n) is 5.59. The molecule has 0 aliphatic carbocycles. The second kappa shape index (κ2) is 10.5. The fourth-order valence-electron chi connectivity index (χ4n) is 3.52. The van der Waals surface area contributed by atoms with Crippen LogP contribution in [-0.2, 0) is 24.8 Å². The van der Waals surface area contributed by atoms with E-state index in [0.29, 0.717) is 33.5 Å². The number of amides is 1. The summed E-state index contributed by atoms with van der Waals surface area (Å²) in [7, 11) is -7.71. The van der Waals surface area contributed by atoms with Crippen LogP contribution >= 0.6 is 11.6 Å². The Hall–Kier alpha value is -3.48. The number of hydrogen-bond donors (Lipinski definition) is 2. The highest BCUT2D eigenvalue weighted by Gasteiger charge is 2.26. The van der Waals surface area contributed by atoms with E-state index in [4.69, 9.17) is 21.1 Å². The van der Waals surface area contributed by atoms with E-state index in [1.54, 1.807) is 31.2 Å². The van der Waals surface area contributed by atoms with Crippen molar-refractivity contribution in [3.05, 3.63) is 71.2 Å². The van der Waals surface area contributed by atoms with Crippen molar-refractivity contribution in [1.29, 1.82) is 0 Å². The smallest absolute Gasteiger partial charge is 0.261 e. The molecule has 196 valence electrons. The number of carbonyl (C=O) groups excluding carboxylic acids is 1. The molecule has 3 aromatic rings. The Bertz CT molecular complexity index is 1540. The van der Waals surface area contributed by atoms with Crippen LogP contribution in [0.5, 0.6) is 11.5 Å². The summed E-state index contributed by atoms with van der Waals surface area (Å²) in [5.74, 6) is 0.0306. The molecule has 0 bridgehead atoms. The molecule has 1 heterocycles. The number of carbonyl (C=O) groups is 1. The quantitative estimate of drug-likeness (QED) is 0.401. The first-order valence-corrected chi connectivity index (χ1v) is 14.5. The molecule has 0 radical (unpaired) electrons.